The van der Waals surface area contributed by atoms with Gasteiger partial charge in [0.1, 0.15) is 5.41 Å². The molecule has 0 bridgehead atoms. The number of hydrogen-bond acceptors (Lipinski definition) is 5. The van der Waals surface area contributed by atoms with Gasteiger partial charge < -0.3 is 10.1 Å². The van der Waals surface area contributed by atoms with Crippen molar-refractivity contribution >= 4 is 11.9 Å². The number of para-hydroxylation sites is 1. The van der Waals surface area contributed by atoms with Gasteiger partial charge in [-0.3, -0.25) is 9.59 Å². The summed E-state index contributed by atoms with van der Waals surface area (Å²) < 4.78 is 5.24. The summed E-state index contributed by atoms with van der Waals surface area (Å²) >= 11 is 0. The van der Waals surface area contributed by atoms with Crippen LogP contribution in [0.15, 0.2) is 66.9 Å². The predicted molar refractivity (Wildman–Crippen MR) is 104 cm³/mol. The Hall–Kier alpha value is -3.48. The quantitative estimate of drug-likeness (QED) is 0.639. The lowest BCUT2D eigenvalue weighted by Crippen LogP contribution is -2.45. The molecule has 3 rings (SSSR count). The van der Waals surface area contributed by atoms with Gasteiger partial charge in [0.25, 0.3) is 5.91 Å². The van der Waals surface area contributed by atoms with Crippen molar-refractivity contribution in [2.45, 2.75) is 19.3 Å². The van der Waals surface area contributed by atoms with E-state index in [0.717, 1.165) is 11.3 Å². The van der Waals surface area contributed by atoms with E-state index in [9.17, 15) is 9.59 Å². The molecule has 1 N–H and O–H groups in total. The highest BCUT2D eigenvalue weighted by Gasteiger charge is 2.37. The maximum absolute atomic E-state index is 12.6. The van der Waals surface area contributed by atoms with Crippen LogP contribution in [0.1, 0.15) is 29.9 Å². The monoisotopic (exact) mass is 378 g/mol. The van der Waals surface area contributed by atoms with Crippen LogP contribution in [0.3, 0.4) is 0 Å². The van der Waals surface area contributed by atoms with E-state index in [4.69, 9.17) is 4.74 Å². The molecule has 1 heterocycles. The summed E-state index contributed by atoms with van der Waals surface area (Å²) in [6.45, 7) is 3.85. The molecule has 144 valence electrons. The highest BCUT2D eigenvalue weighted by atomic mass is 16.5. The zero-order valence-corrected chi connectivity index (χ0v) is 15.8. The van der Waals surface area contributed by atoms with Crippen LogP contribution < -0.4 is 5.32 Å². The summed E-state index contributed by atoms with van der Waals surface area (Å²) in [5, 5.41) is 11.1. The van der Waals surface area contributed by atoms with Crippen molar-refractivity contribution in [2.75, 3.05) is 13.2 Å². The van der Waals surface area contributed by atoms with Crippen molar-refractivity contribution in [2.24, 2.45) is 0 Å². The number of benzene rings is 2. The van der Waals surface area contributed by atoms with E-state index in [1.807, 2.05) is 60.7 Å². The van der Waals surface area contributed by atoms with Crippen molar-refractivity contribution in [1.82, 2.24) is 20.3 Å². The zero-order chi connectivity index (χ0) is 20.0. The summed E-state index contributed by atoms with van der Waals surface area (Å²) in [5.41, 5.74) is 0.675. The summed E-state index contributed by atoms with van der Waals surface area (Å²) in [5.74, 6) is -0.803. The number of ether oxygens (including phenoxy) is 1. The van der Waals surface area contributed by atoms with E-state index in [2.05, 4.69) is 15.5 Å². The van der Waals surface area contributed by atoms with Crippen molar-refractivity contribution < 1.29 is 14.3 Å². The smallest absolute Gasteiger partial charge is 0.318 e. The number of amides is 1. The van der Waals surface area contributed by atoms with Crippen molar-refractivity contribution in [3.8, 4) is 5.69 Å². The minimum absolute atomic E-state index is 0.0763. The molecule has 7 heteroatoms. The Morgan fingerprint density at radius 1 is 1.07 bits per heavy atom. The van der Waals surface area contributed by atoms with Crippen LogP contribution in [0.4, 0.5) is 0 Å². The number of nitrogens with one attached hydrogen (secondary N) is 1. The number of aromatic nitrogens is 3. The molecular formula is C21H22N4O3. The first-order chi connectivity index (χ1) is 13.5. The number of hydrogen-bond donors (Lipinski definition) is 1. The fourth-order valence-electron chi connectivity index (χ4n) is 2.79. The second-order valence-electron chi connectivity index (χ2n) is 6.46. The summed E-state index contributed by atoms with van der Waals surface area (Å²) in [6.07, 6.45) is 1.40. The Kier molecular flexibility index (Phi) is 5.84. The molecule has 3 aromatic rings. The Morgan fingerprint density at radius 3 is 2.36 bits per heavy atom. The van der Waals surface area contributed by atoms with Gasteiger partial charge in [-0.15, -0.1) is 5.10 Å². The molecule has 0 aliphatic carbocycles. The lowest BCUT2D eigenvalue weighted by molar-refractivity contribution is -0.149. The SMILES string of the molecule is CCOC(=O)[C@@](C)(CNC(=O)c1cnn(-c2ccccc2)n1)c1ccccc1. The molecule has 0 unspecified atom stereocenters. The summed E-state index contributed by atoms with van der Waals surface area (Å²) in [7, 11) is 0. The highest BCUT2D eigenvalue weighted by Crippen LogP contribution is 2.25. The second kappa shape index (κ2) is 8.47. The predicted octanol–water partition coefficient (Wildman–Crippen LogP) is 2.52. The maximum atomic E-state index is 12.6. The van der Waals surface area contributed by atoms with Gasteiger partial charge in [-0.05, 0) is 31.5 Å². The number of rotatable bonds is 7. The van der Waals surface area contributed by atoms with Crippen molar-refractivity contribution in [1.29, 1.82) is 0 Å². The largest absolute Gasteiger partial charge is 0.465 e. The molecular weight excluding hydrogens is 356 g/mol. The fourth-order valence-corrected chi connectivity index (χ4v) is 2.79. The van der Waals surface area contributed by atoms with Gasteiger partial charge in [0.2, 0.25) is 0 Å². The normalized spacial score (nSPS) is 12.8. The third-order valence-electron chi connectivity index (χ3n) is 4.45. The van der Waals surface area contributed by atoms with E-state index in [1.54, 1.807) is 13.8 Å². The molecule has 0 fully saturated rings. The van der Waals surface area contributed by atoms with Crippen LogP contribution in [0.2, 0.25) is 0 Å². The molecule has 0 aliphatic heterocycles. The first-order valence-corrected chi connectivity index (χ1v) is 9.03. The van der Waals surface area contributed by atoms with Gasteiger partial charge in [0.15, 0.2) is 5.69 Å². The lowest BCUT2D eigenvalue weighted by Gasteiger charge is -2.27. The second-order valence-corrected chi connectivity index (χ2v) is 6.46. The molecule has 1 atom stereocenters. The first-order valence-electron chi connectivity index (χ1n) is 9.03. The minimum Gasteiger partial charge on any atom is -0.465 e. The average molecular weight is 378 g/mol. The molecule has 0 saturated heterocycles. The van der Waals surface area contributed by atoms with Gasteiger partial charge >= 0.3 is 5.97 Å². The van der Waals surface area contributed by atoms with Crippen LogP contribution in [0.25, 0.3) is 5.69 Å². The molecule has 7 nitrogen and oxygen atoms in total. The van der Waals surface area contributed by atoms with Crippen LogP contribution in [0, 0.1) is 0 Å². The molecule has 1 amide bonds. The van der Waals surface area contributed by atoms with Gasteiger partial charge in [0.05, 0.1) is 18.5 Å². The molecule has 0 radical (unpaired) electrons. The standard InChI is InChI=1S/C21H22N4O3/c1-3-28-20(27)21(2,16-10-6-4-7-11-16)15-22-19(26)18-14-23-25(24-18)17-12-8-5-9-13-17/h4-14H,3,15H2,1-2H3,(H,22,26)/t21-/m0/s1. The van der Waals surface area contributed by atoms with Crippen LogP contribution >= 0.6 is 0 Å². The lowest BCUT2D eigenvalue weighted by atomic mass is 9.82. The van der Waals surface area contributed by atoms with E-state index >= 15 is 0 Å². The third kappa shape index (κ3) is 4.09. The van der Waals surface area contributed by atoms with Crippen LogP contribution in [-0.2, 0) is 14.9 Å². The number of carbonyl (C=O) groups is 2. The average Bonchev–Trinajstić information content (AvgIpc) is 3.23. The van der Waals surface area contributed by atoms with Crippen LogP contribution in [0.5, 0.6) is 0 Å². The van der Waals surface area contributed by atoms with E-state index in [1.165, 1.54) is 11.0 Å². The summed E-state index contributed by atoms with van der Waals surface area (Å²) in [4.78, 5) is 26.6. The molecule has 2 aromatic carbocycles. The number of nitrogens with zero attached hydrogens (tertiary/aromatic N) is 3. The fraction of sp³-hybridized carbons (Fsp3) is 0.238. The number of esters is 1. The van der Waals surface area contributed by atoms with Gasteiger partial charge in [-0.2, -0.15) is 9.90 Å². The van der Waals surface area contributed by atoms with E-state index < -0.39 is 17.3 Å². The van der Waals surface area contributed by atoms with Crippen molar-refractivity contribution in [3.63, 3.8) is 0 Å². The summed E-state index contributed by atoms with van der Waals surface area (Å²) in [6, 6.07) is 18.6. The molecule has 1 aromatic heterocycles. The minimum atomic E-state index is -1.01. The molecule has 0 saturated carbocycles. The van der Waals surface area contributed by atoms with Gasteiger partial charge in [-0.25, -0.2) is 0 Å². The maximum Gasteiger partial charge on any atom is 0.318 e. The molecule has 0 aliphatic rings. The zero-order valence-electron chi connectivity index (χ0n) is 15.8. The third-order valence-corrected chi connectivity index (χ3v) is 4.45. The Bertz CT molecular complexity index is 941. The van der Waals surface area contributed by atoms with Crippen molar-refractivity contribution in [3.05, 3.63) is 78.1 Å². The Balaban J connectivity index is 1.75. The first kappa shape index (κ1) is 19.3. The highest BCUT2D eigenvalue weighted by molar-refractivity contribution is 5.93. The van der Waals surface area contributed by atoms with E-state index in [-0.39, 0.29) is 18.8 Å². The number of carbonyl (C=O) groups excluding carboxylic acids is 2. The molecule has 28 heavy (non-hydrogen) atoms. The Morgan fingerprint density at radius 2 is 1.71 bits per heavy atom. The van der Waals surface area contributed by atoms with Crippen LogP contribution in [-0.4, -0.2) is 40.0 Å². The molecule has 0 spiro atoms. The topological polar surface area (TPSA) is 86.1 Å². The van der Waals surface area contributed by atoms with Gasteiger partial charge in [0, 0.05) is 6.54 Å². The van der Waals surface area contributed by atoms with E-state index in [0.29, 0.717) is 0 Å². The van der Waals surface area contributed by atoms with Gasteiger partial charge in [-0.1, -0.05) is 48.5 Å². The Labute approximate surface area is 163 Å².